The highest BCUT2D eigenvalue weighted by molar-refractivity contribution is 5.94. The van der Waals surface area contributed by atoms with E-state index in [0.29, 0.717) is 31.8 Å². The summed E-state index contributed by atoms with van der Waals surface area (Å²) >= 11 is 0. The number of tetrazole rings is 1. The summed E-state index contributed by atoms with van der Waals surface area (Å²) in [5, 5.41) is 12.1. The number of aromatic nitrogens is 4. The summed E-state index contributed by atoms with van der Waals surface area (Å²) in [6.45, 7) is 6.42. The molecule has 1 aliphatic rings. The van der Waals surface area contributed by atoms with Crippen LogP contribution in [0.15, 0.2) is 54.6 Å². The van der Waals surface area contributed by atoms with Crippen LogP contribution in [0.1, 0.15) is 35.9 Å². The molecule has 1 fully saturated rings. The number of piperazine rings is 1. The maximum atomic E-state index is 12.9. The Morgan fingerprint density at radius 2 is 1.74 bits per heavy atom. The molecule has 162 valence electrons. The molecule has 0 radical (unpaired) electrons. The summed E-state index contributed by atoms with van der Waals surface area (Å²) in [5.74, 6) is 1.67. The number of hydrogen-bond acceptors (Lipinski definition) is 6. The van der Waals surface area contributed by atoms with Crippen molar-refractivity contribution >= 4 is 5.91 Å². The van der Waals surface area contributed by atoms with Gasteiger partial charge in [-0.05, 0) is 53.2 Å². The number of para-hydroxylation sites is 1. The minimum Gasteiger partial charge on any atom is -0.494 e. The van der Waals surface area contributed by atoms with Gasteiger partial charge in [0.25, 0.3) is 5.91 Å². The van der Waals surface area contributed by atoms with E-state index < -0.39 is 0 Å². The first-order valence-electron chi connectivity index (χ1n) is 10.8. The number of unbranched alkanes of at least 4 members (excludes halogenated alkanes) is 1. The molecule has 0 spiro atoms. The Labute approximate surface area is 182 Å². The summed E-state index contributed by atoms with van der Waals surface area (Å²) in [5.41, 5.74) is 1.64. The van der Waals surface area contributed by atoms with E-state index in [4.69, 9.17) is 4.74 Å². The van der Waals surface area contributed by atoms with Crippen LogP contribution in [0.2, 0.25) is 0 Å². The monoisotopic (exact) mass is 420 g/mol. The lowest BCUT2D eigenvalue weighted by Crippen LogP contribution is -2.48. The van der Waals surface area contributed by atoms with Crippen molar-refractivity contribution in [3.05, 3.63) is 66.0 Å². The highest BCUT2D eigenvalue weighted by Gasteiger charge is 2.23. The fraction of sp³-hybridized carbons (Fsp3) is 0.391. The van der Waals surface area contributed by atoms with E-state index >= 15 is 0 Å². The van der Waals surface area contributed by atoms with Crippen molar-refractivity contribution in [3.8, 4) is 11.4 Å². The van der Waals surface area contributed by atoms with Gasteiger partial charge in [0.1, 0.15) is 5.75 Å². The summed E-state index contributed by atoms with van der Waals surface area (Å²) in [6, 6.07) is 17.3. The molecule has 1 saturated heterocycles. The smallest absolute Gasteiger partial charge is 0.253 e. The van der Waals surface area contributed by atoms with Crippen molar-refractivity contribution in [2.24, 2.45) is 0 Å². The SMILES string of the molecule is CCCCOc1ccc(C(=O)N2CCN(Cc3nnnn3-c3ccccc3)CC2)cc1. The quantitative estimate of drug-likeness (QED) is 0.522. The summed E-state index contributed by atoms with van der Waals surface area (Å²) in [7, 11) is 0. The normalized spacial score (nSPS) is 14.5. The lowest BCUT2D eigenvalue weighted by atomic mass is 10.1. The number of rotatable bonds is 8. The number of ether oxygens (including phenoxy) is 1. The van der Waals surface area contributed by atoms with Gasteiger partial charge in [0.15, 0.2) is 5.82 Å². The van der Waals surface area contributed by atoms with Crippen LogP contribution in [0.4, 0.5) is 0 Å². The number of amides is 1. The number of carbonyl (C=O) groups excluding carboxylic acids is 1. The third-order valence-corrected chi connectivity index (χ3v) is 5.43. The molecular formula is C23H28N6O2. The van der Waals surface area contributed by atoms with Crippen molar-refractivity contribution in [2.45, 2.75) is 26.3 Å². The Balaban J connectivity index is 1.30. The van der Waals surface area contributed by atoms with Crippen LogP contribution in [-0.2, 0) is 6.54 Å². The first-order valence-corrected chi connectivity index (χ1v) is 10.8. The van der Waals surface area contributed by atoms with Gasteiger partial charge in [-0.25, -0.2) is 0 Å². The Kier molecular flexibility index (Phi) is 6.89. The molecule has 8 nitrogen and oxygen atoms in total. The van der Waals surface area contributed by atoms with Crippen LogP contribution in [-0.4, -0.2) is 68.7 Å². The Bertz CT molecular complexity index is 965. The number of nitrogens with zero attached hydrogens (tertiary/aromatic N) is 6. The first kappa shape index (κ1) is 21.0. The number of carbonyl (C=O) groups is 1. The van der Waals surface area contributed by atoms with Gasteiger partial charge >= 0.3 is 0 Å². The fourth-order valence-corrected chi connectivity index (χ4v) is 3.59. The van der Waals surface area contributed by atoms with Crippen molar-refractivity contribution in [1.29, 1.82) is 0 Å². The molecule has 4 rings (SSSR count). The molecule has 2 heterocycles. The van der Waals surface area contributed by atoms with Crippen LogP contribution in [0.3, 0.4) is 0 Å². The van der Waals surface area contributed by atoms with Gasteiger partial charge in [-0.1, -0.05) is 31.5 Å². The average Bonchev–Trinajstić information content (AvgIpc) is 3.28. The van der Waals surface area contributed by atoms with E-state index in [2.05, 4.69) is 27.3 Å². The lowest BCUT2D eigenvalue weighted by Gasteiger charge is -2.34. The van der Waals surface area contributed by atoms with Crippen molar-refractivity contribution in [3.63, 3.8) is 0 Å². The van der Waals surface area contributed by atoms with E-state index in [9.17, 15) is 4.79 Å². The standard InChI is InChI=1S/C23H28N6O2/c1-2-3-17-31-21-11-9-19(10-12-21)23(30)28-15-13-27(14-16-28)18-22-24-25-26-29(22)20-7-5-4-6-8-20/h4-12H,2-3,13-18H2,1H3. The minimum atomic E-state index is 0.0638. The predicted molar refractivity (Wildman–Crippen MR) is 117 cm³/mol. The Morgan fingerprint density at radius 3 is 2.45 bits per heavy atom. The number of benzene rings is 2. The molecule has 0 aliphatic carbocycles. The molecule has 2 aromatic carbocycles. The van der Waals surface area contributed by atoms with E-state index in [0.717, 1.165) is 43.2 Å². The highest BCUT2D eigenvalue weighted by Crippen LogP contribution is 2.16. The van der Waals surface area contributed by atoms with Crippen LogP contribution in [0.25, 0.3) is 5.69 Å². The summed E-state index contributed by atoms with van der Waals surface area (Å²) in [4.78, 5) is 17.0. The maximum Gasteiger partial charge on any atom is 0.253 e. The molecule has 0 saturated carbocycles. The van der Waals surface area contributed by atoms with Gasteiger partial charge in [0, 0.05) is 31.7 Å². The topological polar surface area (TPSA) is 76.4 Å². The highest BCUT2D eigenvalue weighted by atomic mass is 16.5. The lowest BCUT2D eigenvalue weighted by molar-refractivity contribution is 0.0624. The molecule has 1 aromatic heterocycles. The van der Waals surface area contributed by atoms with Gasteiger partial charge in [-0.15, -0.1) is 5.10 Å². The molecular weight excluding hydrogens is 392 g/mol. The summed E-state index contributed by atoms with van der Waals surface area (Å²) < 4.78 is 7.45. The number of hydrogen-bond donors (Lipinski definition) is 0. The zero-order chi connectivity index (χ0) is 21.5. The van der Waals surface area contributed by atoms with Crippen molar-refractivity contribution in [1.82, 2.24) is 30.0 Å². The average molecular weight is 421 g/mol. The predicted octanol–water partition coefficient (Wildman–Crippen LogP) is 2.80. The van der Waals surface area contributed by atoms with Gasteiger partial charge < -0.3 is 9.64 Å². The molecule has 0 unspecified atom stereocenters. The molecule has 0 N–H and O–H groups in total. The molecule has 1 aliphatic heterocycles. The van der Waals surface area contributed by atoms with E-state index in [1.165, 1.54) is 0 Å². The first-order chi connectivity index (χ1) is 15.2. The Hall–Kier alpha value is -3.26. The third-order valence-electron chi connectivity index (χ3n) is 5.43. The third kappa shape index (κ3) is 5.27. The molecule has 31 heavy (non-hydrogen) atoms. The van der Waals surface area contributed by atoms with Crippen LogP contribution >= 0.6 is 0 Å². The molecule has 8 heteroatoms. The second-order valence-electron chi connectivity index (χ2n) is 7.64. The second-order valence-corrected chi connectivity index (χ2v) is 7.64. The van der Waals surface area contributed by atoms with Crippen LogP contribution < -0.4 is 4.74 Å². The zero-order valence-corrected chi connectivity index (χ0v) is 17.9. The Morgan fingerprint density at radius 1 is 1.00 bits per heavy atom. The minimum absolute atomic E-state index is 0.0638. The summed E-state index contributed by atoms with van der Waals surface area (Å²) in [6.07, 6.45) is 2.13. The molecule has 0 bridgehead atoms. The van der Waals surface area contributed by atoms with Crippen molar-refractivity contribution in [2.75, 3.05) is 32.8 Å². The molecule has 0 atom stereocenters. The maximum absolute atomic E-state index is 12.9. The zero-order valence-electron chi connectivity index (χ0n) is 17.9. The largest absolute Gasteiger partial charge is 0.494 e. The van der Waals surface area contributed by atoms with Crippen LogP contribution in [0.5, 0.6) is 5.75 Å². The van der Waals surface area contributed by atoms with Gasteiger partial charge in [0.2, 0.25) is 0 Å². The van der Waals surface area contributed by atoms with Gasteiger partial charge in [0.05, 0.1) is 18.8 Å². The van der Waals surface area contributed by atoms with E-state index in [1.807, 2.05) is 59.5 Å². The van der Waals surface area contributed by atoms with Gasteiger partial charge in [-0.2, -0.15) is 4.68 Å². The molecule has 3 aromatic rings. The van der Waals surface area contributed by atoms with Crippen molar-refractivity contribution < 1.29 is 9.53 Å². The van der Waals surface area contributed by atoms with E-state index in [1.54, 1.807) is 4.68 Å². The second kappa shape index (κ2) is 10.2. The molecule has 1 amide bonds. The van der Waals surface area contributed by atoms with E-state index in [-0.39, 0.29) is 5.91 Å². The van der Waals surface area contributed by atoms with Gasteiger partial charge in [-0.3, -0.25) is 9.69 Å². The van der Waals surface area contributed by atoms with Crippen LogP contribution in [0, 0.1) is 0 Å². The fourth-order valence-electron chi connectivity index (χ4n) is 3.59.